The summed E-state index contributed by atoms with van der Waals surface area (Å²) in [4.78, 5) is 0. The van der Waals surface area contributed by atoms with E-state index < -0.39 is 0 Å². The lowest BCUT2D eigenvalue weighted by molar-refractivity contribution is 0.499. The molecule has 0 fully saturated rings. The van der Waals surface area contributed by atoms with Gasteiger partial charge in [0.05, 0.1) is 5.69 Å². The van der Waals surface area contributed by atoms with Crippen LogP contribution >= 0.6 is 11.8 Å². The number of rotatable bonds is 8. The standard InChI is InChI=1S/C12H23N3S/c1-4-8-15-12(5-7-14-15)10-13-11(2)6-9-16-3/h5,7,11,13H,4,6,8-10H2,1-3H3. The zero-order valence-corrected chi connectivity index (χ0v) is 11.4. The molecule has 16 heavy (non-hydrogen) atoms. The predicted molar refractivity (Wildman–Crippen MR) is 71.8 cm³/mol. The van der Waals surface area contributed by atoms with Gasteiger partial charge in [0.15, 0.2) is 0 Å². The van der Waals surface area contributed by atoms with Gasteiger partial charge in [-0.25, -0.2) is 0 Å². The van der Waals surface area contributed by atoms with E-state index in [0.29, 0.717) is 6.04 Å². The molecule has 4 heteroatoms. The maximum Gasteiger partial charge on any atom is 0.0522 e. The van der Waals surface area contributed by atoms with Gasteiger partial charge in [-0.2, -0.15) is 16.9 Å². The van der Waals surface area contributed by atoms with E-state index in [1.54, 1.807) is 0 Å². The van der Waals surface area contributed by atoms with E-state index in [4.69, 9.17) is 0 Å². The summed E-state index contributed by atoms with van der Waals surface area (Å²) in [6.45, 7) is 6.37. The second kappa shape index (κ2) is 7.74. The van der Waals surface area contributed by atoms with Crippen LogP contribution in [0.1, 0.15) is 32.4 Å². The maximum absolute atomic E-state index is 4.32. The first kappa shape index (κ1) is 13.6. The van der Waals surface area contributed by atoms with Crippen LogP contribution in [0.3, 0.4) is 0 Å². The summed E-state index contributed by atoms with van der Waals surface area (Å²) in [5.41, 5.74) is 1.29. The molecular formula is C12H23N3S. The van der Waals surface area contributed by atoms with Crippen molar-refractivity contribution in [3.63, 3.8) is 0 Å². The first-order chi connectivity index (χ1) is 7.77. The van der Waals surface area contributed by atoms with Crippen LogP contribution in [-0.4, -0.2) is 27.8 Å². The molecule has 92 valence electrons. The fourth-order valence-corrected chi connectivity index (χ4v) is 2.19. The van der Waals surface area contributed by atoms with Gasteiger partial charge < -0.3 is 5.32 Å². The van der Waals surface area contributed by atoms with Crippen molar-refractivity contribution >= 4 is 11.8 Å². The monoisotopic (exact) mass is 241 g/mol. The average Bonchev–Trinajstić information content (AvgIpc) is 2.72. The molecule has 0 aliphatic rings. The molecule has 1 aromatic heterocycles. The van der Waals surface area contributed by atoms with Crippen molar-refractivity contribution in [1.29, 1.82) is 0 Å². The van der Waals surface area contributed by atoms with Crippen molar-refractivity contribution in [1.82, 2.24) is 15.1 Å². The molecule has 1 rings (SSSR count). The largest absolute Gasteiger partial charge is 0.309 e. The van der Waals surface area contributed by atoms with Crippen molar-refractivity contribution in [2.45, 2.75) is 45.8 Å². The van der Waals surface area contributed by atoms with Crippen LogP contribution in [0, 0.1) is 0 Å². The molecule has 0 spiro atoms. The minimum Gasteiger partial charge on any atom is -0.309 e. The Morgan fingerprint density at radius 3 is 3.06 bits per heavy atom. The van der Waals surface area contributed by atoms with E-state index in [2.05, 4.69) is 41.3 Å². The molecule has 1 unspecified atom stereocenters. The van der Waals surface area contributed by atoms with Gasteiger partial charge in [0.2, 0.25) is 0 Å². The van der Waals surface area contributed by atoms with Gasteiger partial charge in [-0.3, -0.25) is 4.68 Å². The highest BCUT2D eigenvalue weighted by Crippen LogP contribution is 2.03. The van der Waals surface area contributed by atoms with Crippen LogP contribution in [0.2, 0.25) is 0 Å². The van der Waals surface area contributed by atoms with Crippen molar-refractivity contribution < 1.29 is 0 Å². The van der Waals surface area contributed by atoms with E-state index >= 15 is 0 Å². The quantitative estimate of drug-likeness (QED) is 0.758. The minimum absolute atomic E-state index is 0.581. The number of aryl methyl sites for hydroxylation is 1. The van der Waals surface area contributed by atoms with Gasteiger partial charge in [-0.1, -0.05) is 6.92 Å². The Bertz CT molecular complexity index is 286. The Morgan fingerprint density at radius 1 is 1.56 bits per heavy atom. The van der Waals surface area contributed by atoms with E-state index in [0.717, 1.165) is 19.5 Å². The molecule has 1 heterocycles. The Kier molecular flexibility index (Phi) is 6.57. The molecule has 3 nitrogen and oxygen atoms in total. The maximum atomic E-state index is 4.32. The van der Waals surface area contributed by atoms with Crippen molar-refractivity contribution in [3.8, 4) is 0 Å². The third-order valence-corrected chi connectivity index (χ3v) is 3.27. The Balaban J connectivity index is 2.32. The minimum atomic E-state index is 0.581. The molecule has 1 atom stereocenters. The predicted octanol–water partition coefficient (Wildman–Crippen LogP) is 2.52. The normalized spacial score (nSPS) is 12.9. The molecule has 1 aromatic rings. The molecule has 0 amide bonds. The fourth-order valence-electron chi connectivity index (χ4n) is 1.60. The van der Waals surface area contributed by atoms with Crippen LogP contribution < -0.4 is 5.32 Å². The number of nitrogens with one attached hydrogen (secondary N) is 1. The smallest absolute Gasteiger partial charge is 0.0522 e. The lowest BCUT2D eigenvalue weighted by atomic mass is 10.2. The molecule has 0 saturated heterocycles. The highest BCUT2D eigenvalue weighted by Gasteiger charge is 2.04. The summed E-state index contributed by atoms with van der Waals surface area (Å²) in [6, 6.07) is 2.68. The molecule has 0 radical (unpaired) electrons. The third kappa shape index (κ3) is 4.58. The number of hydrogen-bond acceptors (Lipinski definition) is 3. The fraction of sp³-hybridized carbons (Fsp3) is 0.750. The van der Waals surface area contributed by atoms with Gasteiger partial charge in [0, 0.05) is 25.3 Å². The van der Waals surface area contributed by atoms with Crippen molar-refractivity contribution in [3.05, 3.63) is 18.0 Å². The van der Waals surface area contributed by atoms with Gasteiger partial charge in [-0.15, -0.1) is 0 Å². The van der Waals surface area contributed by atoms with E-state index in [1.165, 1.54) is 17.9 Å². The molecule has 1 N–H and O–H groups in total. The zero-order valence-electron chi connectivity index (χ0n) is 10.6. The number of nitrogens with zero attached hydrogens (tertiary/aromatic N) is 2. The summed E-state index contributed by atoms with van der Waals surface area (Å²) in [5, 5.41) is 7.86. The second-order valence-corrected chi connectivity index (χ2v) is 5.09. The van der Waals surface area contributed by atoms with Crippen molar-refractivity contribution in [2.24, 2.45) is 0 Å². The van der Waals surface area contributed by atoms with Gasteiger partial charge in [0.1, 0.15) is 0 Å². The Morgan fingerprint density at radius 2 is 2.38 bits per heavy atom. The summed E-state index contributed by atoms with van der Waals surface area (Å²) in [7, 11) is 0. The lowest BCUT2D eigenvalue weighted by Crippen LogP contribution is -2.27. The van der Waals surface area contributed by atoms with E-state index in [1.807, 2.05) is 18.0 Å². The van der Waals surface area contributed by atoms with Crippen LogP contribution in [0.4, 0.5) is 0 Å². The van der Waals surface area contributed by atoms with Gasteiger partial charge >= 0.3 is 0 Å². The van der Waals surface area contributed by atoms with E-state index in [-0.39, 0.29) is 0 Å². The molecule has 0 aliphatic heterocycles. The van der Waals surface area contributed by atoms with Gasteiger partial charge in [0.25, 0.3) is 0 Å². The summed E-state index contributed by atoms with van der Waals surface area (Å²) in [6.07, 6.45) is 6.40. The number of thioether (sulfide) groups is 1. The molecule has 0 aliphatic carbocycles. The van der Waals surface area contributed by atoms with E-state index in [9.17, 15) is 0 Å². The Labute approximate surface area is 103 Å². The molecule has 0 saturated carbocycles. The number of hydrogen-bond donors (Lipinski definition) is 1. The topological polar surface area (TPSA) is 29.9 Å². The highest BCUT2D eigenvalue weighted by molar-refractivity contribution is 7.98. The van der Waals surface area contributed by atoms with Crippen molar-refractivity contribution in [2.75, 3.05) is 12.0 Å². The summed E-state index contributed by atoms with van der Waals surface area (Å²) < 4.78 is 2.09. The molecular weight excluding hydrogens is 218 g/mol. The summed E-state index contributed by atoms with van der Waals surface area (Å²) in [5.74, 6) is 1.22. The van der Waals surface area contributed by atoms with Gasteiger partial charge in [-0.05, 0) is 37.8 Å². The SMILES string of the molecule is CCCn1nccc1CNC(C)CCSC. The van der Waals surface area contributed by atoms with Crippen LogP contribution in [-0.2, 0) is 13.1 Å². The summed E-state index contributed by atoms with van der Waals surface area (Å²) >= 11 is 1.91. The van der Waals surface area contributed by atoms with Crippen LogP contribution in [0.15, 0.2) is 12.3 Å². The molecule has 0 bridgehead atoms. The first-order valence-electron chi connectivity index (χ1n) is 6.01. The lowest BCUT2D eigenvalue weighted by Gasteiger charge is -2.13. The average molecular weight is 241 g/mol. The van der Waals surface area contributed by atoms with Crippen LogP contribution in [0.5, 0.6) is 0 Å². The zero-order chi connectivity index (χ0) is 11.8. The Hall–Kier alpha value is -0.480. The first-order valence-corrected chi connectivity index (χ1v) is 7.40. The second-order valence-electron chi connectivity index (χ2n) is 4.11. The highest BCUT2D eigenvalue weighted by atomic mass is 32.2. The number of aromatic nitrogens is 2. The third-order valence-electron chi connectivity index (χ3n) is 2.63. The molecule has 0 aromatic carbocycles. The van der Waals surface area contributed by atoms with Crippen LogP contribution in [0.25, 0.3) is 0 Å².